The molecule has 13 heavy (non-hydrogen) atoms. The highest BCUT2D eigenvalue weighted by Gasteiger charge is 2.05. The summed E-state index contributed by atoms with van der Waals surface area (Å²) in [6, 6.07) is 6.11. The minimum atomic E-state index is 0.636. The molecule has 0 fully saturated rings. The maximum absolute atomic E-state index is 5.66. The number of thiazole rings is 1. The molecule has 1 heterocycles. The van der Waals surface area contributed by atoms with Crippen LogP contribution >= 0.6 is 38.9 Å². The van der Waals surface area contributed by atoms with E-state index in [0.717, 1.165) is 21.4 Å². The van der Waals surface area contributed by atoms with Crippen LogP contribution in [0.15, 0.2) is 22.7 Å². The van der Waals surface area contributed by atoms with Gasteiger partial charge in [0.05, 0.1) is 15.2 Å². The van der Waals surface area contributed by atoms with Gasteiger partial charge in [-0.15, -0.1) is 22.9 Å². The summed E-state index contributed by atoms with van der Waals surface area (Å²) < 4.78 is 2.27. The van der Waals surface area contributed by atoms with Crippen LogP contribution < -0.4 is 0 Å². The van der Waals surface area contributed by atoms with E-state index >= 15 is 0 Å². The summed E-state index contributed by atoms with van der Waals surface area (Å²) in [5, 5.41) is 1.11. The van der Waals surface area contributed by atoms with E-state index < -0.39 is 0 Å². The normalized spacial score (nSPS) is 10.9. The molecule has 0 saturated carbocycles. The molecule has 0 unspecified atom stereocenters. The fourth-order valence-corrected chi connectivity index (χ4v) is 3.02. The first-order chi connectivity index (χ1) is 6.31. The summed E-state index contributed by atoms with van der Waals surface area (Å²) in [7, 11) is 0. The molecule has 0 radical (unpaired) electrons. The number of fused-ring (bicyclic) bond motifs is 1. The quantitative estimate of drug-likeness (QED) is 0.760. The van der Waals surface area contributed by atoms with Gasteiger partial charge >= 0.3 is 0 Å². The summed E-state index contributed by atoms with van der Waals surface area (Å²) in [6.07, 6.45) is 0.855. The molecule has 0 atom stereocenters. The Morgan fingerprint density at radius 2 is 2.31 bits per heavy atom. The van der Waals surface area contributed by atoms with E-state index in [-0.39, 0.29) is 0 Å². The molecular formula is C9H7BrClNS. The summed E-state index contributed by atoms with van der Waals surface area (Å²) in [5.74, 6) is 0.636. The minimum Gasteiger partial charge on any atom is -0.240 e. The highest BCUT2D eigenvalue weighted by atomic mass is 79.9. The van der Waals surface area contributed by atoms with Crippen LogP contribution in [-0.4, -0.2) is 10.9 Å². The minimum absolute atomic E-state index is 0.636. The second-order valence-electron chi connectivity index (χ2n) is 2.63. The Morgan fingerprint density at radius 3 is 3.00 bits per heavy atom. The zero-order valence-corrected chi connectivity index (χ0v) is 9.92. The molecule has 0 spiro atoms. The van der Waals surface area contributed by atoms with Crippen molar-refractivity contribution in [2.45, 2.75) is 6.42 Å². The van der Waals surface area contributed by atoms with Crippen LogP contribution in [0.25, 0.3) is 10.2 Å². The van der Waals surface area contributed by atoms with Crippen molar-refractivity contribution in [3.05, 3.63) is 27.7 Å². The molecule has 4 heteroatoms. The van der Waals surface area contributed by atoms with E-state index in [1.54, 1.807) is 11.3 Å². The number of rotatable bonds is 2. The van der Waals surface area contributed by atoms with Crippen molar-refractivity contribution in [2.75, 3.05) is 5.88 Å². The van der Waals surface area contributed by atoms with Gasteiger partial charge in [0.25, 0.3) is 0 Å². The molecule has 0 N–H and O–H groups in total. The van der Waals surface area contributed by atoms with Crippen LogP contribution in [0.5, 0.6) is 0 Å². The van der Waals surface area contributed by atoms with Gasteiger partial charge < -0.3 is 0 Å². The molecule has 2 rings (SSSR count). The van der Waals surface area contributed by atoms with Crippen molar-refractivity contribution in [3.63, 3.8) is 0 Å². The Balaban J connectivity index is 2.55. The fourth-order valence-electron chi connectivity index (χ4n) is 1.15. The summed E-state index contributed by atoms with van der Waals surface area (Å²) >= 11 is 10.8. The molecule has 0 amide bonds. The first kappa shape index (κ1) is 9.44. The van der Waals surface area contributed by atoms with Crippen LogP contribution in [0.1, 0.15) is 5.01 Å². The Bertz CT molecular complexity index is 426. The number of halogens is 2. The number of nitrogens with zero attached hydrogens (tertiary/aromatic N) is 1. The first-order valence-corrected chi connectivity index (χ1v) is 6.05. The van der Waals surface area contributed by atoms with Gasteiger partial charge in [0.15, 0.2) is 0 Å². The van der Waals surface area contributed by atoms with E-state index in [1.807, 2.05) is 12.1 Å². The molecule has 0 aliphatic heterocycles. The summed E-state index contributed by atoms with van der Waals surface area (Å²) in [6.45, 7) is 0. The molecular weight excluding hydrogens is 270 g/mol. The lowest BCUT2D eigenvalue weighted by molar-refractivity contribution is 1.12. The number of para-hydroxylation sites is 1. The molecule has 0 aliphatic carbocycles. The van der Waals surface area contributed by atoms with E-state index in [4.69, 9.17) is 11.6 Å². The lowest BCUT2D eigenvalue weighted by Gasteiger charge is -1.88. The number of hydrogen-bond donors (Lipinski definition) is 0. The second kappa shape index (κ2) is 3.95. The van der Waals surface area contributed by atoms with Gasteiger partial charge in [0.2, 0.25) is 0 Å². The van der Waals surface area contributed by atoms with Gasteiger partial charge in [-0.2, -0.15) is 0 Å². The smallest absolute Gasteiger partial charge is 0.0957 e. The SMILES string of the molecule is ClCCc1nc2c(Br)cccc2s1. The molecule has 0 aliphatic rings. The Morgan fingerprint density at radius 1 is 1.46 bits per heavy atom. The summed E-state index contributed by atoms with van der Waals surface area (Å²) in [5.41, 5.74) is 1.05. The molecule has 0 bridgehead atoms. The Kier molecular flexibility index (Phi) is 2.86. The first-order valence-electron chi connectivity index (χ1n) is 3.91. The van der Waals surface area contributed by atoms with Crippen LogP contribution in [-0.2, 0) is 6.42 Å². The third-order valence-corrected chi connectivity index (χ3v) is 3.63. The van der Waals surface area contributed by atoms with Gasteiger partial charge in [-0.1, -0.05) is 6.07 Å². The van der Waals surface area contributed by atoms with E-state index in [9.17, 15) is 0 Å². The van der Waals surface area contributed by atoms with E-state index in [2.05, 4.69) is 27.0 Å². The average Bonchev–Trinajstić information content (AvgIpc) is 2.49. The predicted molar refractivity (Wildman–Crippen MR) is 61.7 cm³/mol. The van der Waals surface area contributed by atoms with Gasteiger partial charge in [0.1, 0.15) is 0 Å². The van der Waals surface area contributed by atoms with Crippen molar-refractivity contribution >= 4 is 49.1 Å². The van der Waals surface area contributed by atoms with Crippen LogP contribution in [0.4, 0.5) is 0 Å². The van der Waals surface area contributed by atoms with Gasteiger partial charge in [-0.05, 0) is 28.1 Å². The zero-order valence-electron chi connectivity index (χ0n) is 6.76. The number of alkyl halides is 1. The van der Waals surface area contributed by atoms with Gasteiger partial charge in [-0.25, -0.2) is 4.98 Å². The highest BCUT2D eigenvalue weighted by Crippen LogP contribution is 2.28. The Labute approximate surface area is 93.9 Å². The molecule has 1 aromatic carbocycles. The number of benzene rings is 1. The maximum atomic E-state index is 5.66. The van der Waals surface area contributed by atoms with Crippen molar-refractivity contribution in [1.29, 1.82) is 0 Å². The molecule has 68 valence electrons. The standard InChI is InChI=1S/C9H7BrClNS/c10-6-2-1-3-7-9(6)12-8(13-7)4-5-11/h1-3H,4-5H2. The van der Waals surface area contributed by atoms with Crippen molar-refractivity contribution in [2.24, 2.45) is 0 Å². The maximum Gasteiger partial charge on any atom is 0.0957 e. The highest BCUT2D eigenvalue weighted by molar-refractivity contribution is 9.10. The molecule has 0 saturated heterocycles. The van der Waals surface area contributed by atoms with Gasteiger partial charge in [0, 0.05) is 16.8 Å². The fraction of sp³-hybridized carbons (Fsp3) is 0.222. The van der Waals surface area contributed by atoms with Gasteiger partial charge in [-0.3, -0.25) is 0 Å². The Hall–Kier alpha value is -0.120. The van der Waals surface area contributed by atoms with Crippen LogP contribution in [0, 0.1) is 0 Å². The topological polar surface area (TPSA) is 12.9 Å². The number of aryl methyl sites for hydroxylation is 1. The largest absolute Gasteiger partial charge is 0.240 e. The third-order valence-electron chi connectivity index (χ3n) is 1.72. The van der Waals surface area contributed by atoms with Crippen LogP contribution in [0.2, 0.25) is 0 Å². The lowest BCUT2D eigenvalue weighted by Crippen LogP contribution is -1.82. The van der Waals surface area contributed by atoms with Crippen molar-refractivity contribution in [3.8, 4) is 0 Å². The monoisotopic (exact) mass is 275 g/mol. The lowest BCUT2D eigenvalue weighted by atomic mass is 10.3. The average molecular weight is 277 g/mol. The van der Waals surface area contributed by atoms with E-state index in [0.29, 0.717) is 5.88 Å². The molecule has 2 aromatic rings. The molecule has 1 nitrogen and oxygen atoms in total. The van der Waals surface area contributed by atoms with Crippen LogP contribution in [0.3, 0.4) is 0 Å². The predicted octanol–water partition coefficient (Wildman–Crippen LogP) is 3.84. The van der Waals surface area contributed by atoms with Crippen molar-refractivity contribution in [1.82, 2.24) is 4.98 Å². The number of hydrogen-bond acceptors (Lipinski definition) is 2. The zero-order chi connectivity index (χ0) is 9.26. The summed E-state index contributed by atoms with van der Waals surface area (Å²) in [4.78, 5) is 4.49. The third kappa shape index (κ3) is 1.87. The van der Waals surface area contributed by atoms with E-state index in [1.165, 1.54) is 4.70 Å². The van der Waals surface area contributed by atoms with Crippen molar-refractivity contribution < 1.29 is 0 Å². The second-order valence-corrected chi connectivity index (χ2v) is 4.98. The molecule has 1 aromatic heterocycles. The number of aromatic nitrogens is 1.